The van der Waals surface area contributed by atoms with Gasteiger partial charge in [-0.1, -0.05) is 54.4 Å². The van der Waals surface area contributed by atoms with Gasteiger partial charge < -0.3 is 5.73 Å². The van der Waals surface area contributed by atoms with Crippen LogP contribution in [-0.2, 0) is 5.41 Å². The van der Waals surface area contributed by atoms with Gasteiger partial charge in [-0.15, -0.1) is 0 Å². The van der Waals surface area contributed by atoms with Gasteiger partial charge >= 0.3 is 0 Å². The van der Waals surface area contributed by atoms with Crippen LogP contribution < -0.4 is 5.73 Å². The molecular weight excluding hydrogens is 218 g/mol. The lowest BCUT2D eigenvalue weighted by Gasteiger charge is -2.25. The molecule has 0 atom stereocenters. The molecule has 0 saturated carbocycles. The van der Waals surface area contributed by atoms with Crippen molar-refractivity contribution in [2.75, 3.05) is 6.54 Å². The molecule has 2 N–H and O–H groups in total. The molecule has 0 bridgehead atoms. The SMILES string of the molecule is Cc1ccc2c(c1)C(C)(CN)c1cc(C)ccc1-2. The number of hydrogen-bond donors (Lipinski definition) is 1. The van der Waals surface area contributed by atoms with E-state index >= 15 is 0 Å². The molecular formula is C17H19N. The minimum Gasteiger partial charge on any atom is -0.329 e. The Morgan fingerprint density at radius 3 is 1.72 bits per heavy atom. The van der Waals surface area contributed by atoms with Crippen molar-refractivity contribution in [1.82, 2.24) is 0 Å². The molecule has 1 heteroatoms. The van der Waals surface area contributed by atoms with E-state index in [1.54, 1.807) is 0 Å². The maximum Gasteiger partial charge on any atom is 0.0309 e. The number of rotatable bonds is 1. The maximum absolute atomic E-state index is 6.10. The molecule has 92 valence electrons. The molecule has 1 nitrogen and oxygen atoms in total. The van der Waals surface area contributed by atoms with E-state index in [1.807, 2.05) is 0 Å². The molecule has 1 aliphatic rings. The Labute approximate surface area is 109 Å². The minimum absolute atomic E-state index is 0.0390. The molecule has 0 radical (unpaired) electrons. The highest BCUT2D eigenvalue weighted by atomic mass is 14.6. The van der Waals surface area contributed by atoms with Gasteiger partial charge in [-0.3, -0.25) is 0 Å². The van der Waals surface area contributed by atoms with Crippen molar-refractivity contribution in [3.63, 3.8) is 0 Å². The lowest BCUT2D eigenvalue weighted by Crippen LogP contribution is -2.31. The number of benzene rings is 2. The zero-order valence-electron chi connectivity index (χ0n) is 11.2. The smallest absolute Gasteiger partial charge is 0.0309 e. The fourth-order valence-corrected chi connectivity index (χ4v) is 3.06. The van der Waals surface area contributed by atoms with Crippen molar-refractivity contribution in [1.29, 1.82) is 0 Å². The van der Waals surface area contributed by atoms with Crippen LogP contribution in [-0.4, -0.2) is 6.54 Å². The monoisotopic (exact) mass is 237 g/mol. The van der Waals surface area contributed by atoms with Crippen LogP contribution in [0.25, 0.3) is 11.1 Å². The van der Waals surface area contributed by atoms with Crippen LogP contribution in [0.1, 0.15) is 29.2 Å². The van der Waals surface area contributed by atoms with Gasteiger partial charge in [-0.25, -0.2) is 0 Å². The third-order valence-corrected chi connectivity index (χ3v) is 4.24. The first kappa shape index (κ1) is 11.5. The second-order valence-electron chi connectivity index (χ2n) is 5.63. The van der Waals surface area contributed by atoms with Crippen LogP contribution in [0.4, 0.5) is 0 Å². The van der Waals surface area contributed by atoms with E-state index in [0.717, 1.165) is 0 Å². The Morgan fingerprint density at radius 1 is 0.889 bits per heavy atom. The maximum atomic E-state index is 6.10. The number of nitrogens with two attached hydrogens (primary N) is 1. The predicted molar refractivity (Wildman–Crippen MR) is 76.9 cm³/mol. The number of hydrogen-bond acceptors (Lipinski definition) is 1. The molecule has 1 aliphatic carbocycles. The Balaban J connectivity index is 2.37. The van der Waals surface area contributed by atoms with Crippen LogP contribution in [0.5, 0.6) is 0 Å². The van der Waals surface area contributed by atoms with Crippen molar-refractivity contribution in [2.24, 2.45) is 5.73 Å². The molecule has 0 spiro atoms. The lowest BCUT2D eigenvalue weighted by atomic mass is 9.79. The van der Waals surface area contributed by atoms with Gasteiger partial charge in [0.25, 0.3) is 0 Å². The van der Waals surface area contributed by atoms with Crippen LogP contribution in [0.15, 0.2) is 36.4 Å². The Bertz CT molecular complexity index is 574. The first-order chi connectivity index (χ1) is 8.56. The number of fused-ring (bicyclic) bond motifs is 3. The normalized spacial score (nSPS) is 15.3. The van der Waals surface area contributed by atoms with Crippen molar-refractivity contribution in [2.45, 2.75) is 26.2 Å². The average molecular weight is 237 g/mol. The fraction of sp³-hybridized carbons (Fsp3) is 0.294. The summed E-state index contributed by atoms with van der Waals surface area (Å²) in [7, 11) is 0. The zero-order chi connectivity index (χ0) is 12.9. The van der Waals surface area contributed by atoms with Gasteiger partial charge in [0.2, 0.25) is 0 Å². The van der Waals surface area contributed by atoms with Gasteiger partial charge in [0.15, 0.2) is 0 Å². The highest BCUT2D eigenvalue weighted by molar-refractivity contribution is 5.81. The number of aryl methyl sites for hydroxylation is 2. The Morgan fingerprint density at radius 2 is 1.33 bits per heavy atom. The van der Waals surface area contributed by atoms with Crippen LogP contribution in [0.3, 0.4) is 0 Å². The summed E-state index contributed by atoms with van der Waals surface area (Å²) in [5.74, 6) is 0. The molecule has 0 amide bonds. The van der Waals surface area contributed by atoms with E-state index in [1.165, 1.54) is 33.4 Å². The Kier molecular flexibility index (Phi) is 2.36. The zero-order valence-corrected chi connectivity index (χ0v) is 11.2. The quantitative estimate of drug-likeness (QED) is 0.806. The fourth-order valence-electron chi connectivity index (χ4n) is 3.06. The molecule has 0 saturated heterocycles. The summed E-state index contributed by atoms with van der Waals surface area (Å²) in [4.78, 5) is 0. The van der Waals surface area contributed by atoms with Crippen LogP contribution in [0, 0.1) is 13.8 Å². The van der Waals surface area contributed by atoms with Gasteiger partial charge in [0.1, 0.15) is 0 Å². The second kappa shape index (κ2) is 3.69. The summed E-state index contributed by atoms with van der Waals surface area (Å²) in [6, 6.07) is 13.4. The first-order valence-electron chi connectivity index (χ1n) is 6.49. The molecule has 0 aliphatic heterocycles. The summed E-state index contributed by atoms with van der Waals surface area (Å²) in [5, 5.41) is 0. The summed E-state index contributed by atoms with van der Waals surface area (Å²) in [6.07, 6.45) is 0. The van der Waals surface area contributed by atoms with E-state index < -0.39 is 0 Å². The van der Waals surface area contributed by atoms with Gasteiger partial charge in [0.05, 0.1) is 0 Å². The lowest BCUT2D eigenvalue weighted by molar-refractivity contribution is 0.599. The summed E-state index contributed by atoms with van der Waals surface area (Å²) in [5.41, 5.74) is 14.1. The minimum atomic E-state index is -0.0390. The molecule has 0 unspecified atom stereocenters. The molecule has 0 aromatic heterocycles. The second-order valence-corrected chi connectivity index (χ2v) is 5.63. The molecule has 2 aromatic rings. The third-order valence-electron chi connectivity index (χ3n) is 4.24. The van der Waals surface area contributed by atoms with E-state index in [4.69, 9.17) is 5.73 Å². The summed E-state index contributed by atoms with van der Waals surface area (Å²) < 4.78 is 0. The third kappa shape index (κ3) is 1.37. The summed E-state index contributed by atoms with van der Waals surface area (Å²) >= 11 is 0. The molecule has 2 aromatic carbocycles. The van der Waals surface area contributed by atoms with Crippen molar-refractivity contribution in [3.05, 3.63) is 58.7 Å². The highest BCUT2D eigenvalue weighted by Crippen LogP contribution is 2.48. The van der Waals surface area contributed by atoms with Gasteiger partial charge in [0, 0.05) is 12.0 Å². The van der Waals surface area contributed by atoms with Gasteiger partial charge in [-0.05, 0) is 36.1 Å². The average Bonchev–Trinajstić information content (AvgIpc) is 2.60. The Hall–Kier alpha value is -1.60. The molecule has 18 heavy (non-hydrogen) atoms. The van der Waals surface area contributed by atoms with E-state index in [-0.39, 0.29) is 5.41 Å². The van der Waals surface area contributed by atoms with Crippen LogP contribution >= 0.6 is 0 Å². The standard InChI is InChI=1S/C17H19N/c1-11-4-6-13-14-7-5-12(2)9-16(14)17(3,10-18)15(13)8-11/h4-9H,10,18H2,1-3H3. The van der Waals surface area contributed by atoms with Crippen molar-refractivity contribution in [3.8, 4) is 11.1 Å². The van der Waals surface area contributed by atoms with E-state index in [0.29, 0.717) is 6.54 Å². The predicted octanol–water partition coefficient (Wildman–Crippen LogP) is 3.55. The van der Waals surface area contributed by atoms with E-state index in [2.05, 4.69) is 57.2 Å². The molecule has 0 heterocycles. The van der Waals surface area contributed by atoms with Crippen molar-refractivity contribution >= 4 is 0 Å². The largest absolute Gasteiger partial charge is 0.329 e. The molecule has 3 rings (SSSR count). The first-order valence-corrected chi connectivity index (χ1v) is 6.49. The molecule has 0 fully saturated rings. The van der Waals surface area contributed by atoms with Crippen molar-refractivity contribution < 1.29 is 0 Å². The topological polar surface area (TPSA) is 26.0 Å². The highest BCUT2D eigenvalue weighted by Gasteiger charge is 2.38. The van der Waals surface area contributed by atoms with Gasteiger partial charge in [-0.2, -0.15) is 0 Å². The van der Waals surface area contributed by atoms with E-state index in [9.17, 15) is 0 Å². The van der Waals surface area contributed by atoms with Crippen LogP contribution in [0.2, 0.25) is 0 Å². The summed E-state index contributed by atoms with van der Waals surface area (Å²) in [6.45, 7) is 7.20.